The number of hydrogen-bond acceptors (Lipinski definition) is 2. The van der Waals surface area contributed by atoms with Gasteiger partial charge in [0, 0.05) is 24.5 Å². The van der Waals surface area contributed by atoms with E-state index in [-0.39, 0.29) is 5.91 Å². The minimum absolute atomic E-state index is 0.262. The molecule has 1 atom stereocenters. The Bertz CT molecular complexity index is 616. The van der Waals surface area contributed by atoms with Gasteiger partial charge in [-0.1, -0.05) is 18.2 Å². The molecule has 0 saturated carbocycles. The van der Waals surface area contributed by atoms with E-state index in [1.807, 2.05) is 0 Å². The highest BCUT2D eigenvalue weighted by molar-refractivity contribution is 5.93. The normalized spacial score (nSPS) is 13.7. The van der Waals surface area contributed by atoms with E-state index in [0.717, 1.165) is 0 Å². The lowest BCUT2D eigenvalue weighted by atomic mass is 10.0. The van der Waals surface area contributed by atoms with Crippen LogP contribution in [0.15, 0.2) is 30.5 Å². The van der Waals surface area contributed by atoms with Crippen molar-refractivity contribution < 1.29 is 18.0 Å². The van der Waals surface area contributed by atoms with Crippen LogP contribution in [-0.4, -0.2) is 16.7 Å². The molecule has 1 aromatic carbocycles. The monoisotopic (exact) mass is 270 g/mol. The van der Waals surface area contributed by atoms with Crippen LogP contribution in [0.3, 0.4) is 0 Å². The molecular formula is C13H13F3N2O. The first kappa shape index (κ1) is 13.6. The number of rotatable bonds is 2. The van der Waals surface area contributed by atoms with Crippen LogP contribution in [0.5, 0.6) is 0 Å². The van der Waals surface area contributed by atoms with Crippen LogP contribution in [0.4, 0.5) is 13.2 Å². The van der Waals surface area contributed by atoms with Gasteiger partial charge in [0.15, 0.2) is 0 Å². The predicted molar refractivity (Wildman–Crippen MR) is 65.8 cm³/mol. The number of hydrogen-bond donors (Lipinski definition) is 1. The Morgan fingerprint density at radius 1 is 1.37 bits per heavy atom. The second-order valence-electron chi connectivity index (χ2n) is 4.42. The van der Waals surface area contributed by atoms with Gasteiger partial charge in [-0.15, -0.1) is 0 Å². The Balaban J connectivity index is 2.52. The molecule has 2 rings (SSSR count). The Morgan fingerprint density at radius 3 is 2.58 bits per heavy atom. The van der Waals surface area contributed by atoms with Crippen LogP contribution >= 0.6 is 0 Å². The van der Waals surface area contributed by atoms with E-state index >= 15 is 0 Å². The molecule has 1 heterocycles. The average Bonchev–Trinajstić information content (AvgIpc) is 2.66. The van der Waals surface area contributed by atoms with Crippen molar-refractivity contribution in [2.24, 2.45) is 5.73 Å². The van der Waals surface area contributed by atoms with E-state index in [2.05, 4.69) is 0 Å². The van der Waals surface area contributed by atoms with Crippen LogP contribution in [0.1, 0.15) is 29.7 Å². The number of alkyl halides is 3. The molecule has 1 aromatic heterocycles. The molecule has 0 spiro atoms. The molecule has 0 fully saturated rings. The van der Waals surface area contributed by atoms with Crippen molar-refractivity contribution in [3.63, 3.8) is 0 Å². The molecule has 0 aliphatic carbocycles. The van der Waals surface area contributed by atoms with E-state index in [1.54, 1.807) is 24.3 Å². The Kier molecular flexibility index (Phi) is 3.36. The molecule has 0 bridgehead atoms. The molecule has 6 heteroatoms. The van der Waals surface area contributed by atoms with Crippen molar-refractivity contribution in [2.75, 3.05) is 0 Å². The summed E-state index contributed by atoms with van der Waals surface area (Å²) in [5, 5.41) is 0.578. The van der Waals surface area contributed by atoms with Gasteiger partial charge >= 0.3 is 6.18 Å². The number of halogens is 3. The summed E-state index contributed by atoms with van der Waals surface area (Å²) in [6.45, 7) is 1.35. The van der Waals surface area contributed by atoms with Crippen LogP contribution in [0.2, 0.25) is 0 Å². The standard InChI is InChI=1S/C13H13F3N2O/c1-8(19)18-7-10(11(17)6-13(14,15)16)9-4-2-3-5-12(9)18/h2-5,7,11H,6,17H2,1H3/t11-/m0/s1. The van der Waals surface area contributed by atoms with Gasteiger partial charge in [0.1, 0.15) is 0 Å². The van der Waals surface area contributed by atoms with Crippen molar-refractivity contribution in [1.29, 1.82) is 0 Å². The number of nitrogens with two attached hydrogens (primary N) is 1. The van der Waals surface area contributed by atoms with E-state index in [4.69, 9.17) is 5.73 Å². The molecule has 19 heavy (non-hydrogen) atoms. The van der Waals surface area contributed by atoms with Crippen LogP contribution in [0.25, 0.3) is 10.9 Å². The number of nitrogens with zero attached hydrogens (tertiary/aromatic N) is 1. The third-order valence-corrected chi connectivity index (χ3v) is 2.93. The smallest absolute Gasteiger partial charge is 0.324 e. The van der Waals surface area contributed by atoms with Crippen molar-refractivity contribution in [1.82, 2.24) is 4.57 Å². The molecule has 0 saturated heterocycles. The van der Waals surface area contributed by atoms with E-state index in [1.165, 1.54) is 17.7 Å². The molecule has 3 nitrogen and oxygen atoms in total. The van der Waals surface area contributed by atoms with Gasteiger partial charge in [0.05, 0.1) is 11.9 Å². The Labute approximate surface area is 107 Å². The molecule has 2 aromatic rings. The quantitative estimate of drug-likeness (QED) is 0.910. The highest BCUT2D eigenvalue weighted by atomic mass is 19.4. The summed E-state index contributed by atoms with van der Waals surface area (Å²) < 4.78 is 38.5. The van der Waals surface area contributed by atoms with Gasteiger partial charge < -0.3 is 5.73 Å². The molecule has 0 radical (unpaired) electrons. The largest absolute Gasteiger partial charge is 0.390 e. The fraction of sp³-hybridized carbons (Fsp3) is 0.308. The molecule has 0 aliphatic rings. The second-order valence-corrected chi connectivity index (χ2v) is 4.42. The van der Waals surface area contributed by atoms with Crippen LogP contribution in [-0.2, 0) is 0 Å². The zero-order valence-electron chi connectivity index (χ0n) is 10.2. The van der Waals surface area contributed by atoms with E-state index in [9.17, 15) is 18.0 Å². The molecule has 0 unspecified atom stereocenters. The lowest BCUT2D eigenvalue weighted by molar-refractivity contribution is -0.138. The van der Waals surface area contributed by atoms with Gasteiger partial charge in [-0.25, -0.2) is 0 Å². The lowest BCUT2D eigenvalue weighted by Crippen LogP contribution is -2.20. The summed E-state index contributed by atoms with van der Waals surface area (Å²) >= 11 is 0. The zero-order chi connectivity index (χ0) is 14.2. The second kappa shape index (κ2) is 4.70. The molecule has 0 amide bonds. The first-order chi connectivity index (χ1) is 8.79. The SMILES string of the molecule is CC(=O)n1cc([C@@H](N)CC(F)(F)F)c2ccccc21. The third-order valence-electron chi connectivity index (χ3n) is 2.93. The number of carbonyl (C=O) groups excluding carboxylic acids is 1. The van der Waals surface area contributed by atoms with Crippen LogP contribution < -0.4 is 5.73 Å². The number of aromatic nitrogens is 1. The number of benzene rings is 1. The van der Waals surface area contributed by atoms with Gasteiger partial charge in [-0.05, 0) is 11.6 Å². The van der Waals surface area contributed by atoms with Crippen molar-refractivity contribution in [3.05, 3.63) is 36.0 Å². The first-order valence-corrected chi connectivity index (χ1v) is 5.73. The summed E-state index contributed by atoms with van der Waals surface area (Å²) in [5.41, 5.74) is 6.52. The Morgan fingerprint density at radius 2 is 2.00 bits per heavy atom. The summed E-state index contributed by atoms with van der Waals surface area (Å²) in [6, 6.07) is 5.60. The summed E-state index contributed by atoms with van der Waals surface area (Å²) in [7, 11) is 0. The maximum absolute atomic E-state index is 12.4. The number of fused-ring (bicyclic) bond motifs is 1. The van der Waals surface area contributed by atoms with Crippen molar-refractivity contribution in [2.45, 2.75) is 25.6 Å². The highest BCUT2D eigenvalue weighted by Gasteiger charge is 2.32. The first-order valence-electron chi connectivity index (χ1n) is 5.73. The average molecular weight is 270 g/mol. The maximum atomic E-state index is 12.4. The molecule has 2 N–H and O–H groups in total. The van der Waals surface area contributed by atoms with Crippen LogP contribution in [0, 0.1) is 0 Å². The summed E-state index contributed by atoms with van der Waals surface area (Å²) in [5.74, 6) is -0.262. The van der Waals surface area contributed by atoms with E-state index < -0.39 is 18.6 Å². The zero-order valence-corrected chi connectivity index (χ0v) is 10.2. The van der Waals surface area contributed by atoms with Crippen molar-refractivity contribution >= 4 is 16.8 Å². The van der Waals surface area contributed by atoms with Gasteiger partial charge in [0.25, 0.3) is 0 Å². The van der Waals surface area contributed by atoms with Crippen molar-refractivity contribution in [3.8, 4) is 0 Å². The third kappa shape index (κ3) is 2.78. The minimum Gasteiger partial charge on any atom is -0.324 e. The Hall–Kier alpha value is -1.82. The van der Waals surface area contributed by atoms with E-state index in [0.29, 0.717) is 16.5 Å². The van der Waals surface area contributed by atoms with Gasteiger partial charge in [-0.3, -0.25) is 9.36 Å². The summed E-state index contributed by atoms with van der Waals surface area (Å²) in [4.78, 5) is 11.5. The number of carbonyl (C=O) groups is 1. The predicted octanol–water partition coefficient (Wildman–Crippen LogP) is 3.25. The molecule has 102 valence electrons. The molecular weight excluding hydrogens is 257 g/mol. The lowest BCUT2D eigenvalue weighted by Gasteiger charge is -2.13. The maximum Gasteiger partial charge on any atom is 0.390 e. The minimum atomic E-state index is -4.33. The number of para-hydroxylation sites is 1. The fourth-order valence-electron chi connectivity index (χ4n) is 2.12. The summed E-state index contributed by atoms with van der Waals surface area (Å²) in [6.07, 6.45) is -4.05. The van der Waals surface area contributed by atoms with Gasteiger partial charge in [0.2, 0.25) is 5.91 Å². The highest BCUT2D eigenvalue weighted by Crippen LogP contribution is 2.32. The van der Waals surface area contributed by atoms with Gasteiger partial charge in [-0.2, -0.15) is 13.2 Å². The topological polar surface area (TPSA) is 48.0 Å². The fourth-order valence-corrected chi connectivity index (χ4v) is 2.12. The molecule has 0 aliphatic heterocycles.